The Kier molecular flexibility index (Phi) is 6.78. The monoisotopic (exact) mass is 450 g/mol. The lowest BCUT2D eigenvalue weighted by Gasteiger charge is -2.34. The number of benzene rings is 1. The van der Waals surface area contributed by atoms with Gasteiger partial charge in [-0.05, 0) is 49.9 Å². The molecule has 2 aromatic rings. The maximum absolute atomic E-state index is 11.7. The van der Waals surface area contributed by atoms with E-state index in [2.05, 4.69) is 27.3 Å². The molecule has 2 atom stereocenters. The van der Waals surface area contributed by atoms with E-state index in [-0.39, 0.29) is 0 Å². The number of ether oxygens (including phenoxy) is 2. The van der Waals surface area contributed by atoms with Gasteiger partial charge in [-0.15, -0.1) is 0 Å². The molecule has 1 aromatic heterocycles. The summed E-state index contributed by atoms with van der Waals surface area (Å²) in [5.74, 6) is 0.810. The third-order valence-electron chi connectivity index (χ3n) is 7.20. The molecular weight excluding hydrogens is 416 g/mol. The number of morpholine rings is 1. The van der Waals surface area contributed by atoms with Crippen molar-refractivity contribution in [1.82, 2.24) is 4.98 Å². The number of hydrogen-bond acceptors (Lipinski definition) is 6. The summed E-state index contributed by atoms with van der Waals surface area (Å²) >= 11 is 0. The van der Waals surface area contributed by atoms with Gasteiger partial charge in [-0.3, -0.25) is 4.79 Å². The summed E-state index contributed by atoms with van der Waals surface area (Å²) in [6.07, 6.45) is 13.0. The van der Waals surface area contributed by atoms with Gasteiger partial charge in [0.2, 0.25) is 6.41 Å². The first-order valence-corrected chi connectivity index (χ1v) is 12.2. The molecular formula is C26H34N4O3. The molecule has 176 valence electrons. The van der Waals surface area contributed by atoms with Crippen LogP contribution in [0.1, 0.15) is 50.5 Å². The van der Waals surface area contributed by atoms with Crippen molar-refractivity contribution < 1.29 is 14.3 Å². The van der Waals surface area contributed by atoms with Gasteiger partial charge in [0, 0.05) is 37.6 Å². The minimum atomic E-state index is 0.339. The summed E-state index contributed by atoms with van der Waals surface area (Å²) in [4.78, 5) is 20.3. The van der Waals surface area contributed by atoms with Gasteiger partial charge in [0.1, 0.15) is 5.82 Å². The maximum Gasteiger partial charge on any atom is 0.214 e. The molecule has 0 spiro atoms. The highest BCUT2D eigenvalue weighted by Gasteiger charge is 2.34. The van der Waals surface area contributed by atoms with Gasteiger partial charge >= 0.3 is 0 Å². The summed E-state index contributed by atoms with van der Waals surface area (Å²) < 4.78 is 11.1. The van der Waals surface area contributed by atoms with Gasteiger partial charge < -0.3 is 24.6 Å². The number of pyridine rings is 1. The van der Waals surface area contributed by atoms with Crippen LogP contribution in [0.5, 0.6) is 0 Å². The second-order valence-corrected chi connectivity index (χ2v) is 9.43. The summed E-state index contributed by atoms with van der Waals surface area (Å²) in [6.45, 7) is 2.36. The molecule has 2 saturated heterocycles. The van der Waals surface area contributed by atoms with Crippen molar-refractivity contribution in [3.05, 3.63) is 42.1 Å². The molecule has 1 N–H and O–H groups in total. The van der Waals surface area contributed by atoms with E-state index < -0.39 is 0 Å². The summed E-state index contributed by atoms with van der Waals surface area (Å²) in [5, 5.41) is 3.37. The molecule has 1 aromatic carbocycles. The molecule has 6 rings (SSSR count). The average molecular weight is 451 g/mol. The third kappa shape index (κ3) is 4.99. The van der Waals surface area contributed by atoms with E-state index >= 15 is 0 Å². The molecule has 1 aliphatic carbocycles. The van der Waals surface area contributed by atoms with E-state index in [1.54, 1.807) is 11.1 Å². The predicted octanol–water partition coefficient (Wildman–Crippen LogP) is 4.63. The van der Waals surface area contributed by atoms with Crippen LogP contribution in [0.4, 0.5) is 22.9 Å². The zero-order valence-corrected chi connectivity index (χ0v) is 19.4. The fourth-order valence-electron chi connectivity index (χ4n) is 5.36. The highest BCUT2D eigenvalue weighted by molar-refractivity contribution is 5.89. The molecule has 7 heteroatoms. The zero-order chi connectivity index (χ0) is 22.6. The third-order valence-corrected chi connectivity index (χ3v) is 7.20. The summed E-state index contributed by atoms with van der Waals surface area (Å²) in [7, 11) is 1.82. The Morgan fingerprint density at radius 3 is 2.58 bits per heavy atom. The lowest BCUT2D eigenvalue weighted by Crippen LogP contribution is -2.42. The van der Waals surface area contributed by atoms with E-state index in [9.17, 15) is 4.79 Å². The fourth-order valence-corrected chi connectivity index (χ4v) is 5.36. The second kappa shape index (κ2) is 10.1. The molecule has 4 heterocycles. The summed E-state index contributed by atoms with van der Waals surface area (Å²) in [6, 6.07) is 10.2. The topological polar surface area (TPSA) is 66.9 Å². The molecule has 2 bridgehead atoms. The highest BCUT2D eigenvalue weighted by Crippen LogP contribution is 2.38. The van der Waals surface area contributed by atoms with Crippen molar-refractivity contribution in [1.29, 1.82) is 0 Å². The van der Waals surface area contributed by atoms with Crippen LogP contribution in [0.25, 0.3) is 0 Å². The molecule has 7 nitrogen and oxygen atoms in total. The quantitative estimate of drug-likeness (QED) is 0.688. The molecule has 3 fully saturated rings. The lowest BCUT2D eigenvalue weighted by molar-refractivity contribution is -0.107. The van der Waals surface area contributed by atoms with Crippen LogP contribution < -0.4 is 15.1 Å². The van der Waals surface area contributed by atoms with Crippen LogP contribution in [0.3, 0.4) is 0 Å². The van der Waals surface area contributed by atoms with E-state index in [0.717, 1.165) is 60.8 Å². The van der Waals surface area contributed by atoms with Gasteiger partial charge in [-0.25, -0.2) is 4.98 Å². The first-order chi connectivity index (χ1) is 16.2. The van der Waals surface area contributed by atoms with E-state index in [1.807, 2.05) is 25.3 Å². The highest BCUT2D eigenvalue weighted by atomic mass is 16.5. The number of hydrogen-bond donors (Lipinski definition) is 1. The average Bonchev–Trinajstić information content (AvgIpc) is 3.12. The number of methoxy groups -OCH3 is 1. The Balaban J connectivity index is 0.000000243. The molecule has 0 radical (unpaired) electrons. The first-order valence-electron chi connectivity index (χ1n) is 12.2. The summed E-state index contributed by atoms with van der Waals surface area (Å²) in [5.41, 5.74) is 3.96. The number of fused-ring (bicyclic) bond motifs is 4. The number of carbonyl (C=O) groups is 1. The first kappa shape index (κ1) is 22.2. The van der Waals surface area contributed by atoms with Crippen LogP contribution in [0.2, 0.25) is 0 Å². The minimum Gasteiger partial charge on any atom is -0.381 e. The van der Waals surface area contributed by atoms with Crippen molar-refractivity contribution in [3.63, 3.8) is 0 Å². The van der Waals surface area contributed by atoms with Crippen molar-refractivity contribution in [2.24, 2.45) is 0 Å². The van der Waals surface area contributed by atoms with Crippen molar-refractivity contribution in [2.45, 2.75) is 69.8 Å². The fraction of sp³-hybridized carbons (Fsp3) is 0.538. The maximum atomic E-state index is 11.7. The molecule has 1 saturated carbocycles. The van der Waals surface area contributed by atoms with Gasteiger partial charge in [-0.2, -0.15) is 0 Å². The van der Waals surface area contributed by atoms with Crippen LogP contribution in [-0.4, -0.2) is 49.9 Å². The van der Waals surface area contributed by atoms with E-state index in [1.165, 1.54) is 32.1 Å². The Morgan fingerprint density at radius 1 is 1.09 bits per heavy atom. The van der Waals surface area contributed by atoms with Gasteiger partial charge in [-0.1, -0.05) is 25.3 Å². The number of nitrogens with zero attached hydrogens (tertiary/aromatic N) is 3. The van der Waals surface area contributed by atoms with Crippen LogP contribution >= 0.6 is 0 Å². The zero-order valence-electron chi connectivity index (χ0n) is 19.4. The number of aromatic nitrogens is 1. The number of nitrogens with one attached hydrogen (secondary N) is 1. The van der Waals surface area contributed by atoms with E-state index in [4.69, 9.17) is 9.47 Å². The van der Waals surface area contributed by atoms with Crippen LogP contribution in [0, 0.1) is 0 Å². The Hall–Kier alpha value is -2.64. The van der Waals surface area contributed by atoms with Gasteiger partial charge in [0.25, 0.3) is 0 Å². The normalized spacial score (nSPS) is 24.0. The Labute approximate surface area is 196 Å². The SMILES string of the molecule is COC1CCCCC1.O=CN1Cc2cccnc2Nc2ccc(N3CC4CCC(C3)O4)cc21. The number of anilines is 4. The Bertz CT molecular complexity index is 950. The Morgan fingerprint density at radius 2 is 1.88 bits per heavy atom. The van der Waals surface area contributed by atoms with Crippen LogP contribution in [-0.2, 0) is 20.8 Å². The van der Waals surface area contributed by atoms with Crippen molar-refractivity contribution in [2.75, 3.05) is 35.3 Å². The second-order valence-electron chi connectivity index (χ2n) is 9.43. The molecule has 33 heavy (non-hydrogen) atoms. The smallest absolute Gasteiger partial charge is 0.214 e. The van der Waals surface area contributed by atoms with Gasteiger partial charge in [0.05, 0.1) is 36.2 Å². The minimum absolute atomic E-state index is 0.339. The van der Waals surface area contributed by atoms with Gasteiger partial charge in [0.15, 0.2) is 0 Å². The number of amides is 1. The number of rotatable bonds is 3. The molecule has 3 aliphatic heterocycles. The van der Waals surface area contributed by atoms with E-state index in [0.29, 0.717) is 24.9 Å². The lowest BCUT2D eigenvalue weighted by atomic mass is 9.98. The van der Waals surface area contributed by atoms with Crippen molar-refractivity contribution >= 4 is 29.3 Å². The largest absolute Gasteiger partial charge is 0.381 e. The predicted molar refractivity (Wildman–Crippen MR) is 130 cm³/mol. The van der Waals surface area contributed by atoms with Crippen LogP contribution in [0.15, 0.2) is 36.5 Å². The molecule has 1 amide bonds. The number of carbonyl (C=O) groups excluding carboxylic acids is 1. The molecule has 2 unspecified atom stereocenters. The molecule has 4 aliphatic rings. The standard InChI is InChI=1S/C19H20N4O2.C7H14O/c24-12-23-9-13-2-1-7-20-19(13)21-17-6-3-14(8-18(17)23)22-10-15-4-5-16(11-22)25-15;1-8-7-5-3-2-4-6-7/h1-3,6-8,12,15-16H,4-5,9-11H2,(H,20,21);7H,2-6H2,1H3. The van der Waals surface area contributed by atoms with Crippen molar-refractivity contribution in [3.8, 4) is 0 Å².